The molecule has 0 saturated carbocycles. The number of benzene rings is 3. The molecule has 0 nitrogen and oxygen atoms in total. The molecule has 0 radical (unpaired) electrons. The van der Waals surface area contributed by atoms with Gasteiger partial charge >= 0.3 is 0 Å². The fourth-order valence-electron chi connectivity index (χ4n) is 4.35. The van der Waals surface area contributed by atoms with Crippen molar-refractivity contribution in [2.45, 2.75) is 58.8 Å². The normalized spacial score (nSPS) is 14.5. The smallest absolute Gasteiger partial charge is 0.0159 e. The van der Waals surface area contributed by atoms with Gasteiger partial charge < -0.3 is 0 Å². The molecule has 0 bridgehead atoms. The molecule has 3 aromatic rings. The molecule has 27 heavy (non-hydrogen) atoms. The van der Waals surface area contributed by atoms with Gasteiger partial charge in [-0.05, 0) is 62.4 Å². The zero-order valence-corrected chi connectivity index (χ0v) is 17.4. The minimum atomic E-state index is 0.0451. The van der Waals surface area contributed by atoms with Crippen LogP contribution in [0.1, 0.15) is 75.6 Å². The van der Waals surface area contributed by atoms with Gasteiger partial charge in [-0.15, -0.1) is 0 Å². The lowest BCUT2D eigenvalue weighted by molar-refractivity contribution is 0.658. The highest BCUT2D eigenvalue weighted by Crippen LogP contribution is 2.50. The first-order valence-electron chi connectivity index (χ1n) is 10.2. The predicted molar refractivity (Wildman–Crippen MR) is 118 cm³/mol. The van der Waals surface area contributed by atoms with Gasteiger partial charge in [-0.1, -0.05) is 96.1 Å². The first-order valence-corrected chi connectivity index (χ1v) is 10.2. The van der Waals surface area contributed by atoms with E-state index in [0.717, 1.165) is 0 Å². The zero-order chi connectivity index (χ0) is 19.3. The second-order valence-electron chi connectivity index (χ2n) is 9.12. The summed E-state index contributed by atoms with van der Waals surface area (Å²) >= 11 is 0. The molecule has 0 heteroatoms. The third kappa shape index (κ3) is 2.92. The standard InChI is InChI=1S/C27H30/c1-17(2)19-7-9-20(10-8-19)22-12-14-24-23-13-11-21(18(3)4)15-25(23)27(5,6)26(24)16-22/h7-18H,1-6H3. The number of hydrogen-bond donors (Lipinski definition) is 0. The second-order valence-corrected chi connectivity index (χ2v) is 9.12. The van der Waals surface area contributed by atoms with E-state index < -0.39 is 0 Å². The minimum Gasteiger partial charge on any atom is -0.0587 e. The van der Waals surface area contributed by atoms with Crippen LogP contribution in [0.2, 0.25) is 0 Å². The molecule has 0 saturated heterocycles. The van der Waals surface area contributed by atoms with E-state index in [-0.39, 0.29) is 5.41 Å². The van der Waals surface area contributed by atoms with Gasteiger partial charge in [0.05, 0.1) is 0 Å². The summed E-state index contributed by atoms with van der Waals surface area (Å²) < 4.78 is 0. The third-order valence-electron chi connectivity index (χ3n) is 6.28. The Balaban J connectivity index is 1.79. The van der Waals surface area contributed by atoms with Crippen LogP contribution in [0.4, 0.5) is 0 Å². The quantitative estimate of drug-likeness (QED) is 0.448. The zero-order valence-electron chi connectivity index (χ0n) is 17.4. The van der Waals surface area contributed by atoms with E-state index in [2.05, 4.69) is 102 Å². The molecule has 4 rings (SSSR count). The molecule has 138 valence electrons. The fourth-order valence-corrected chi connectivity index (χ4v) is 4.35. The highest BCUT2D eigenvalue weighted by Gasteiger charge is 2.35. The summed E-state index contributed by atoms with van der Waals surface area (Å²) in [5.74, 6) is 1.13. The van der Waals surface area contributed by atoms with Crippen LogP contribution in [-0.4, -0.2) is 0 Å². The van der Waals surface area contributed by atoms with Crippen molar-refractivity contribution < 1.29 is 0 Å². The van der Waals surface area contributed by atoms with Crippen molar-refractivity contribution in [3.05, 3.63) is 82.9 Å². The van der Waals surface area contributed by atoms with E-state index in [1.54, 1.807) is 0 Å². The SMILES string of the molecule is CC(C)c1ccc(-c2ccc3c(c2)C(C)(C)c2cc(C(C)C)ccc2-3)cc1. The Hall–Kier alpha value is -2.34. The molecule has 3 aromatic carbocycles. The van der Waals surface area contributed by atoms with Crippen LogP contribution in [0.5, 0.6) is 0 Å². The Labute approximate surface area is 164 Å². The molecule has 0 atom stereocenters. The molecule has 1 aliphatic carbocycles. The van der Waals surface area contributed by atoms with Crippen molar-refractivity contribution in [1.82, 2.24) is 0 Å². The molecule has 0 aromatic heterocycles. The molecule has 0 spiro atoms. The van der Waals surface area contributed by atoms with Crippen molar-refractivity contribution >= 4 is 0 Å². The molecule has 0 amide bonds. The Bertz CT molecular complexity index is 985. The van der Waals surface area contributed by atoms with Crippen LogP contribution >= 0.6 is 0 Å². The Morgan fingerprint density at radius 3 is 1.63 bits per heavy atom. The summed E-state index contributed by atoms with van der Waals surface area (Å²) in [6.45, 7) is 13.8. The summed E-state index contributed by atoms with van der Waals surface area (Å²) in [5.41, 5.74) is 11.2. The lowest BCUT2D eigenvalue weighted by Gasteiger charge is -2.23. The third-order valence-corrected chi connectivity index (χ3v) is 6.28. The number of hydrogen-bond acceptors (Lipinski definition) is 0. The first kappa shape index (κ1) is 18.0. The van der Waals surface area contributed by atoms with Crippen LogP contribution in [0, 0.1) is 0 Å². The fraction of sp³-hybridized carbons (Fsp3) is 0.333. The highest BCUT2D eigenvalue weighted by atomic mass is 14.4. The number of fused-ring (bicyclic) bond motifs is 3. The van der Waals surface area contributed by atoms with Crippen LogP contribution in [0.3, 0.4) is 0 Å². The molecular formula is C27H30. The molecule has 0 aliphatic heterocycles. The maximum atomic E-state index is 2.43. The van der Waals surface area contributed by atoms with Crippen molar-refractivity contribution in [3.63, 3.8) is 0 Å². The summed E-state index contributed by atoms with van der Waals surface area (Å²) in [6, 6.07) is 23.1. The van der Waals surface area contributed by atoms with Gasteiger partial charge in [0, 0.05) is 5.41 Å². The lowest BCUT2D eigenvalue weighted by atomic mass is 9.80. The Morgan fingerprint density at radius 2 is 1.04 bits per heavy atom. The largest absolute Gasteiger partial charge is 0.0587 e. The van der Waals surface area contributed by atoms with Crippen LogP contribution in [0.15, 0.2) is 60.7 Å². The average molecular weight is 355 g/mol. The van der Waals surface area contributed by atoms with Crippen LogP contribution in [0.25, 0.3) is 22.3 Å². The molecule has 0 fully saturated rings. The Kier molecular flexibility index (Phi) is 4.26. The van der Waals surface area contributed by atoms with Crippen molar-refractivity contribution in [2.24, 2.45) is 0 Å². The summed E-state index contributed by atoms with van der Waals surface area (Å²) in [7, 11) is 0. The molecular weight excluding hydrogens is 324 g/mol. The van der Waals surface area contributed by atoms with Gasteiger partial charge in [-0.3, -0.25) is 0 Å². The van der Waals surface area contributed by atoms with E-state index in [1.807, 2.05) is 0 Å². The van der Waals surface area contributed by atoms with Crippen LogP contribution < -0.4 is 0 Å². The van der Waals surface area contributed by atoms with Crippen molar-refractivity contribution in [2.75, 3.05) is 0 Å². The van der Waals surface area contributed by atoms with Crippen LogP contribution in [-0.2, 0) is 5.41 Å². The molecule has 0 heterocycles. The van der Waals surface area contributed by atoms with E-state index in [4.69, 9.17) is 0 Å². The van der Waals surface area contributed by atoms with E-state index in [0.29, 0.717) is 11.8 Å². The van der Waals surface area contributed by atoms with E-state index in [9.17, 15) is 0 Å². The second kappa shape index (κ2) is 6.37. The van der Waals surface area contributed by atoms with Crippen molar-refractivity contribution in [3.8, 4) is 22.3 Å². The summed E-state index contributed by atoms with van der Waals surface area (Å²) in [5, 5.41) is 0. The first-order chi connectivity index (χ1) is 12.8. The number of rotatable bonds is 3. The topological polar surface area (TPSA) is 0 Å². The van der Waals surface area contributed by atoms with Gasteiger partial charge in [0.15, 0.2) is 0 Å². The highest BCUT2D eigenvalue weighted by molar-refractivity contribution is 5.83. The average Bonchev–Trinajstić information content (AvgIpc) is 2.88. The summed E-state index contributed by atoms with van der Waals surface area (Å²) in [4.78, 5) is 0. The maximum Gasteiger partial charge on any atom is 0.0159 e. The van der Waals surface area contributed by atoms with E-state index in [1.165, 1.54) is 44.5 Å². The van der Waals surface area contributed by atoms with Crippen molar-refractivity contribution in [1.29, 1.82) is 0 Å². The molecule has 1 aliphatic rings. The maximum absolute atomic E-state index is 2.43. The van der Waals surface area contributed by atoms with Gasteiger partial charge in [-0.2, -0.15) is 0 Å². The predicted octanol–water partition coefficient (Wildman–Crippen LogP) is 7.91. The summed E-state index contributed by atoms with van der Waals surface area (Å²) in [6.07, 6.45) is 0. The van der Waals surface area contributed by atoms with Gasteiger partial charge in [0.1, 0.15) is 0 Å². The van der Waals surface area contributed by atoms with Gasteiger partial charge in [0.2, 0.25) is 0 Å². The lowest BCUT2D eigenvalue weighted by Crippen LogP contribution is -2.15. The molecule has 0 unspecified atom stereocenters. The molecule has 0 N–H and O–H groups in total. The monoisotopic (exact) mass is 354 g/mol. The van der Waals surface area contributed by atoms with E-state index >= 15 is 0 Å². The minimum absolute atomic E-state index is 0.0451. The van der Waals surface area contributed by atoms with Gasteiger partial charge in [-0.25, -0.2) is 0 Å². The van der Waals surface area contributed by atoms with Gasteiger partial charge in [0.25, 0.3) is 0 Å². The Morgan fingerprint density at radius 1 is 0.556 bits per heavy atom.